The molecule has 0 aliphatic carbocycles. The number of pyridine rings is 1. The summed E-state index contributed by atoms with van der Waals surface area (Å²) in [6.07, 6.45) is 1.72. The number of nitrogens with zero attached hydrogens (tertiary/aromatic N) is 2. The molecular weight excluding hydrogens is 348 g/mol. The van der Waals surface area contributed by atoms with Crippen LogP contribution < -0.4 is 5.32 Å². The smallest absolute Gasteiger partial charge is 0.256 e. The quantitative estimate of drug-likeness (QED) is 0.472. The van der Waals surface area contributed by atoms with Crippen molar-refractivity contribution in [3.8, 4) is 11.4 Å². The van der Waals surface area contributed by atoms with Crippen LogP contribution >= 0.6 is 0 Å². The molecule has 2 N–H and O–H groups in total. The second-order valence-corrected chi connectivity index (χ2v) is 6.51. The van der Waals surface area contributed by atoms with E-state index in [9.17, 15) is 4.79 Å². The number of carbonyl (C=O) groups excluding carboxylic acids is 1. The molecule has 0 fully saturated rings. The second kappa shape index (κ2) is 6.63. The zero-order chi connectivity index (χ0) is 18.9. The van der Waals surface area contributed by atoms with Gasteiger partial charge in [0, 0.05) is 28.4 Å². The molecule has 0 aliphatic rings. The van der Waals surface area contributed by atoms with Crippen LogP contribution in [0.4, 0.5) is 5.69 Å². The van der Waals surface area contributed by atoms with E-state index in [0.29, 0.717) is 5.56 Å². The number of amides is 1. The van der Waals surface area contributed by atoms with Crippen LogP contribution in [-0.4, -0.2) is 20.9 Å². The summed E-state index contributed by atoms with van der Waals surface area (Å²) >= 11 is 0. The fourth-order valence-electron chi connectivity index (χ4n) is 3.30. The van der Waals surface area contributed by atoms with E-state index in [4.69, 9.17) is 0 Å². The molecule has 0 unspecified atom stereocenters. The molecule has 5 heteroatoms. The van der Waals surface area contributed by atoms with E-state index >= 15 is 0 Å². The van der Waals surface area contributed by atoms with E-state index < -0.39 is 0 Å². The number of aromatic nitrogens is 3. The highest BCUT2D eigenvalue weighted by Crippen LogP contribution is 2.23. The van der Waals surface area contributed by atoms with Crippen LogP contribution in [0.2, 0.25) is 0 Å². The average Bonchev–Trinajstić information content (AvgIpc) is 3.18. The molecule has 0 spiro atoms. The lowest BCUT2D eigenvalue weighted by Crippen LogP contribution is -2.12. The first-order valence-electron chi connectivity index (χ1n) is 8.98. The van der Waals surface area contributed by atoms with Crippen molar-refractivity contribution in [3.05, 3.63) is 90.6 Å². The number of aromatic amines is 1. The first-order chi connectivity index (χ1) is 13.8. The van der Waals surface area contributed by atoms with Gasteiger partial charge in [-0.3, -0.25) is 9.78 Å². The van der Waals surface area contributed by atoms with E-state index in [1.165, 1.54) is 0 Å². The lowest BCUT2D eigenvalue weighted by Gasteiger charge is -2.08. The largest absolute Gasteiger partial charge is 0.338 e. The molecule has 0 saturated heterocycles. The summed E-state index contributed by atoms with van der Waals surface area (Å²) in [4.78, 5) is 25.0. The van der Waals surface area contributed by atoms with Gasteiger partial charge in [0.1, 0.15) is 5.82 Å². The van der Waals surface area contributed by atoms with Gasteiger partial charge >= 0.3 is 0 Å². The van der Waals surface area contributed by atoms with Crippen molar-refractivity contribution in [2.45, 2.75) is 0 Å². The number of carbonyl (C=O) groups is 1. The van der Waals surface area contributed by atoms with Gasteiger partial charge in [0.2, 0.25) is 0 Å². The molecule has 134 valence electrons. The molecule has 28 heavy (non-hydrogen) atoms. The maximum Gasteiger partial charge on any atom is 0.256 e. The van der Waals surface area contributed by atoms with Crippen LogP contribution in [0, 0.1) is 0 Å². The number of hydrogen-bond donors (Lipinski definition) is 2. The topological polar surface area (TPSA) is 70.7 Å². The predicted molar refractivity (Wildman–Crippen MR) is 111 cm³/mol. The third kappa shape index (κ3) is 2.89. The Morgan fingerprint density at radius 2 is 1.64 bits per heavy atom. The van der Waals surface area contributed by atoms with Crippen LogP contribution in [0.25, 0.3) is 33.3 Å². The molecule has 1 amide bonds. The molecule has 0 atom stereocenters. The zero-order valence-corrected chi connectivity index (χ0v) is 14.9. The maximum absolute atomic E-state index is 12.7. The van der Waals surface area contributed by atoms with Crippen LogP contribution in [0.15, 0.2) is 85.1 Å². The number of para-hydroxylation sites is 2. The van der Waals surface area contributed by atoms with Crippen molar-refractivity contribution in [3.63, 3.8) is 0 Å². The molecule has 3 aromatic carbocycles. The van der Waals surface area contributed by atoms with Gasteiger partial charge in [-0.05, 0) is 54.6 Å². The third-order valence-electron chi connectivity index (χ3n) is 4.70. The molecule has 0 aliphatic heterocycles. The Labute approximate surface area is 161 Å². The van der Waals surface area contributed by atoms with Crippen molar-refractivity contribution in [2.24, 2.45) is 0 Å². The summed E-state index contributed by atoms with van der Waals surface area (Å²) in [7, 11) is 0. The molecular formula is C23H16N4O. The van der Waals surface area contributed by atoms with Crippen molar-refractivity contribution in [2.75, 3.05) is 5.32 Å². The maximum atomic E-state index is 12.7. The molecule has 2 heterocycles. The van der Waals surface area contributed by atoms with Gasteiger partial charge in [-0.15, -0.1) is 0 Å². The minimum Gasteiger partial charge on any atom is -0.338 e. The number of hydrogen-bond acceptors (Lipinski definition) is 3. The standard InChI is InChI=1S/C23H16N4O/c28-23(18-5-3-9-19-17(18)6-4-14-24-19)25-16-12-10-15(11-13-16)22-26-20-7-1-2-8-21(20)27-22/h1-14H,(H,25,28)(H,26,27). The highest BCUT2D eigenvalue weighted by atomic mass is 16.1. The molecule has 0 saturated carbocycles. The van der Waals surface area contributed by atoms with Crippen molar-refractivity contribution >= 4 is 33.5 Å². The number of benzene rings is 3. The van der Waals surface area contributed by atoms with Crippen LogP contribution in [0.5, 0.6) is 0 Å². The van der Waals surface area contributed by atoms with E-state index in [1.54, 1.807) is 6.20 Å². The minimum atomic E-state index is -0.157. The molecule has 0 bridgehead atoms. The summed E-state index contributed by atoms with van der Waals surface area (Å²) in [5.74, 6) is 0.647. The fourth-order valence-corrected chi connectivity index (χ4v) is 3.30. The average molecular weight is 364 g/mol. The summed E-state index contributed by atoms with van der Waals surface area (Å²) in [6.45, 7) is 0. The van der Waals surface area contributed by atoms with Gasteiger partial charge in [-0.25, -0.2) is 4.98 Å². The predicted octanol–water partition coefficient (Wildman–Crippen LogP) is 5.03. The van der Waals surface area contributed by atoms with Gasteiger partial charge in [-0.2, -0.15) is 0 Å². The van der Waals surface area contributed by atoms with Crippen molar-refractivity contribution < 1.29 is 4.79 Å². The SMILES string of the molecule is O=C(Nc1ccc(-c2nc3ccccc3[nH]2)cc1)c1cccc2ncccc12. The second-order valence-electron chi connectivity index (χ2n) is 6.51. The fraction of sp³-hybridized carbons (Fsp3) is 0. The third-order valence-corrected chi connectivity index (χ3v) is 4.70. The Hall–Kier alpha value is -3.99. The Morgan fingerprint density at radius 1 is 0.821 bits per heavy atom. The Kier molecular flexibility index (Phi) is 3.84. The lowest BCUT2D eigenvalue weighted by molar-refractivity contribution is 0.102. The van der Waals surface area contributed by atoms with E-state index in [-0.39, 0.29) is 5.91 Å². The van der Waals surface area contributed by atoms with E-state index in [0.717, 1.165) is 39.0 Å². The number of anilines is 1. The number of rotatable bonds is 3. The highest BCUT2D eigenvalue weighted by Gasteiger charge is 2.11. The van der Waals surface area contributed by atoms with E-state index in [2.05, 4.69) is 20.3 Å². The van der Waals surface area contributed by atoms with Crippen molar-refractivity contribution in [1.29, 1.82) is 0 Å². The monoisotopic (exact) mass is 364 g/mol. The Morgan fingerprint density at radius 3 is 2.50 bits per heavy atom. The summed E-state index contributed by atoms with van der Waals surface area (Å²) in [5, 5.41) is 3.79. The lowest BCUT2D eigenvalue weighted by atomic mass is 10.1. The van der Waals surface area contributed by atoms with Gasteiger partial charge < -0.3 is 10.3 Å². The summed E-state index contributed by atoms with van der Waals surface area (Å²) in [6, 6.07) is 24.8. The first kappa shape index (κ1) is 16.2. The molecule has 2 aromatic heterocycles. The van der Waals surface area contributed by atoms with Crippen LogP contribution in [0.3, 0.4) is 0 Å². The molecule has 5 nitrogen and oxygen atoms in total. The Balaban J connectivity index is 1.40. The number of fused-ring (bicyclic) bond motifs is 2. The molecule has 5 rings (SSSR count). The van der Waals surface area contributed by atoms with Gasteiger partial charge in [-0.1, -0.05) is 24.3 Å². The van der Waals surface area contributed by atoms with Crippen LogP contribution in [-0.2, 0) is 0 Å². The van der Waals surface area contributed by atoms with Gasteiger partial charge in [0.05, 0.1) is 16.6 Å². The number of H-pyrrole nitrogens is 1. The normalized spacial score (nSPS) is 11.0. The summed E-state index contributed by atoms with van der Waals surface area (Å²) < 4.78 is 0. The molecule has 0 radical (unpaired) electrons. The molecule has 5 aromatic rings. The van der Waals surface area contributed by atoms with Crippen molar-refractivity contribution in [1.82, 2.24) is 15.0 Å². The van der Waals surface area contributed by atoms with Gasteiger partial charge in [0.25, 0.3) is 5.91 Å². The first-order valence-corrected chi connectivity index (χ1v) is 8.98. The summed E-state index contributed by atoms with van der Waals surface area (Å²) in [5.41, 5.74) is 5.02. The Bertz CT molecular complexity index is 1270. The number of nitrogens with one attached hydrogen (secondary N) is 2. The van der Waals surface area contributed by atoms with Gasteiger partial charge in [0.15, 0.2) is 0 Å². The van der Waals surface area contributed by atoms with Crippen LogP contribution in [0.1, 0.15) is 10.4 Å². The number of imidazole rings is 1. The highest BCUT2D eigenvalue weighted by molar-refractivity contribution is 6.12. The minimum absolute atomic E-state index is 0.157. The van der Waals surface area contributed by atoms with E-state index in [1.807, 2.05) is 78.9 Å². The zero-order valence-electron chi connectivity index (χ0n) is 14.9.